The molecule has 5 aliphatic rings. The van der Waals surface area contributed by atoms with Crippen molar-refractivity contribution in [1.82, 2.24) is 4.48 Å². The molecule has 0 saturated heterocycles. The molecule has 0 bridgehead atoms. The second kappa shape index (κ2) is 10.9. The molecular formula is C57H41BN2. The zero-order valence-corrected chi connectivity index (χ0v) is 34.2. The summed E-state index contributed by atoms with van der Waals surface area (Å²) >= 11 is 0. The molecule has 0 unspecified atom stereocenters. The third kappa shape index (κ3) is 3.56. The lowest BCUT2D eigenvalue weighted by Gasteiger charge is -2.52. The van der Waals surface area contributed by atoms with Crippen LogP contribution >= 0.6 is 0 Å². The SMILES string of the molecule is CC1(C)c2ccccc2-c2cc3c4c(c21)N1c2ccccc2C(c2ccccc2)(c2ccccc2)c2cccc(c21)B4n1c2c(c4cccc-3c41)-c1ccccc1C2(C)C. The van der Waals surface area contributed by atoms with Crippen LogP contribution in [0, 0.1) is 0 Å². The number of hydrogen-bond donors (Lipinski definition) is 0. The number of para-hydroxylation sites is 3. The maximum atomic E-state index is 2.83. The molecule has 8 aromatic carbocycles. The Morgan fingerprint density at radius 3 is 1.77 bits per heavy atom. The molecule has 0 amide bonds. The first-order chi connectivity index (χ1) is 29.3. The third-order valence-corrected chi connectivity index (χ3v) is 15.3. The summed E-state index contributed by atoms with van der Waals surface area (Å²) in [6, 6.07) is 67.3. The Morgan fingerprint density at radius 2 is 1.03 bits per heavy atom. The molecule has 0 N–H and O–H groups in total. The van der Waals surface area contributed by atoms with Crippen LogP contribution in [0.2, 0.25) is 0 Å². The number of rotatable bonds is 2. The monoisotopic (exact) mass is 764 g/mol. The Labute approximate surface area is 351 Å². The summed E-state index contributed by atoms with van der Waals surface area (Å²) in [5.41, 5.74) is 26.1. The van der Waals surface area contributed by atoms with Crippen LogP contribution < -0.4 is 15.8 Å². The molecule has 14 rings (SSSR count). The van der Waals surface area contributed by atoms with Crippen molar-refractivity contribution in [1.29, 1.82) is 0 Å². The molecule has 4 heterocycles. The number of aromatic nitrogens is 1. The molecule has 0 saturated carbocycles. The highest BCUT2D eigenvalue weighted by atomic mass is 15.2. The Hall–Kier alpha value is -6.84. The number of fused-ring (bicyclic) bond motifs is 15. The van der Waals surface area contributed by atoms with Gasteiger partial charge < -0.3 is 9.38 Å². The van der Waals surface area contributed by atoms with E-state index in [-0.39, 0.29) is 17.7 Å². The average molecular weight is 765 g/mol. The van der Waals surface area contributed by atoms with Crippen molar-refractivity contribution in [2.24, 2.45) is 0 Å². The number of nitrogens with zero attached hydrogens (tertiary/aromatic N) is 2. The minimum absolute atomic E-state index is 0.0461. The molecule has 0 radical (unpaired) electrons. The van der Waals surface area contributed by atoms with Gasteiger partial charge in [0.2, 0.25) is 0 Å². The van der Waals surface area contributed by atoms with E-state index in [0.717, 1.165) is 0 Å². The summed E-state index contributed by atoms with van der Waals surface area (Å²) < 4.78 is 2.83. The van der Waals surface area contributed by atoms with E-state index in [0.29, 0.717) is 0 Å². The molecule has 0 fully saturated rings. The van der Waals surface area contributed by atoms with E-state index in [1.54, 1.807) is 0 Å². The fourth-order valence-corrected chi connectivity index (χ4v) is 13.2. The van der Waals surface area contributed by atoms with Gasteiger partial charge in [-0.15, -0.1) is 0 Å². The van der Waals surface area contributed by atoms with Gasteiger partial charge in [-0.3, -0.25) is 0 Å². The van der Waals surface area contributed by atoms with Gasteiger partial charge in [-0.2, -0.15) is 0 Å². The summed E-state index contributed by atoms with van der Waals surface area (Å²) in [7, 11) is 0. The Kier molecular flexibility index (Phi) is 5.98. The maximum absolute atomic E-state index is 2.83. The van der Waals surface area contributed by atoms with Crippen LogP contribution in [0.1, 0.15) is 72.3 Å². The highest BCUT2D eigenvalue weighted by molar-refractivity contribution is 6.89. The van der Waals surface area contributed by atoms with Crippen molar-refractivity contribution in [3.05, 3.63) is 221 Å². The van der Waals surface area contributed by atoms with Gasteiger partial charge in [-0.05, 0) is 84.3 Å². The molecule has 3 aliphatic heterocycles. The fourth-order valence-electron chi connectivity index (χ4n) is 13.2. The first-order valence-corrected chi connectivity index (χ1v) is 21.6. The predicted molar refractivity (Wildman–Crippen MR) is 249 cm³/mol. The normalized spacial score (nSPS) is 16.7. The molecule has 3 heteroatoms. The van der Waals surface area contributed by atoms with Gasteiger partial charge in [0.15, 0.2) is 0 Å². The fraction of sp³-hybridized carbons (Fsp3) is 0.123. The van der Waals surface area contributed by atoms with E-state index < -0.39 is 5.41 Å². The summed E-state index contributed by atoms with van der Waals surface area (Å²) in [6.07, 6.45) is 0. The van der Waals surface area contributed by atoms with Crippen molar-refractivity contribution in [3.8, 4) is 33.4 Å². The van der Waals surface area contributed by atoms with E-state index in [4.69, 9.17) is 0 Å². The minimum atomic E-state index is -0.562. The zero-order valence-electron chi connectivity index (χ0n) is 34.2. The predicted octanol–water partition coefficient (Wildman–Crippen LogP) is 12.4. The summed E-state index contributed by atoms with van der Waals surface area (Å²) in [5.74, 6) is 0. The first kappa shape index (κ1) is 33.0. The molecule has 2 aliphatic carbocycles. The van der Waals surface area contributed by atoms with Crippen LogP contribution in [-0.2, 0) is 16.2 Å². The van der Waals surface area contributed by atoms with Crippen molar-refractivity contribution in [3.63, 3.8) is 0 Å². The molecule has 2 nitrogen and oxygen atoms in total. The smallest absolute Gasteiger partial charge is 0.332 e. The van der Waals surface area contributed by atoms with Gasteiger partial charge in [0, 0.05) is 49.9 Å². The van der Waals surface area contributed by atoms with Crippen LogP contribution in [0.4, 0.5) is 17.1 Å². The van der Waals surface area contributed by atoms with E-state index >= 15 is 0 Å². The Balaban J connectivity index is 1.22. The second-order valence-corrected chi connectivity index (χ2v) is 18.7. The van der Waals surface area contributed by atoms with Crippen molar-refractivity contribution < 1.29 is 0 Å². The van der Waals surface area contributed by atoms with E-state index in [2.05, 4.69) is 213 Å². The van der Waals surface area contributed by atoms with Gasteiger partial charge in [0.05, 0.1) is 11.1 Å². The third-order valence-electron chi connectivity index (χ3n) is 15.3. The lowest BCUT2D eigenvalue weighted by atomic mass is 9.43. The summed E-state index contributed by atoms with van der Waals surface area (Å²) in [5, 5.41) is 1.36. The van der Waals surface area contributed by atoms with Gasteiger partial charge in [-0.25, -0.2) is 0 Å². The second-order valence-electron chi connectivity index (χ2n) is 18.7. The Bertz CT molecular complexity index is 3350. The number of benzene rings is 8. The van der Waals surface area contributed by atoms with Gasteiger partial charge in [-0.1, -0.05) is 191 Å². The van der Waals surface area contributed by atoms with Crippen LogP contribution in [0.5, 0.6) is 0 Å². The molecular weight excluding hydrogens is 723 g/mol. The minimum Gasteiger partial charge on any atom is -0.378 e. The average Bonchev–Trinajstić information content (AvgIpc) is 3.85. The van der Waals surface area contributed by atoms with Crippen LogP contribution in [0.25, 0.3) is 44.3 Å². The largest absolute Gasteiger partial charge is 0.378 e. The molecule has 0 atom stereocenters. The molecule has 0 spiro atoms. The zero-order chi connectivity index (χ0) is 39.9. The van der Waals surface area contributed by atoms with Gasteiger partial charge in [0.25, 0.3) is 0 Å². The Morgan fingerprint density at radius 1 is 0.450 bits per heavy atom. The highest BCUT2D eigenvalue weighted by Crippen LogP contribution is 2.63. The molecule has 60 heavy (non-hydrogen) atoms. The highest BCUT2D eigenvalue weighted by Gasteiger charge is 2.56. The summed E-state index contributed by atoms with van der Waals surface area (Å²) in [4.78, 5) is 2.74. The molecule has 282 valence electrons. The van der Waals surface area contributed by atoms with E-state index in [1.807, 2.05) is 0 Å². The lowest BCUT2D eigenvalue weighted by molar-refractivity contribution is 0.632. The summed E-state index contributed by atoms with van der Waals surface area (Å²) in [6.45, 7) is 9.80. The lowest BCUT2D eigenvalue weighted by Crippen LogP contribution is -2.60. The van der Waals surface area contributed by atoms with Crippen molar-refractivity contribution in [2.45, 2.75) is 43.9 Å². The van der Waals surface area contributed by atoms with Gasteiger partial charge >= 0.3 is 6.85 Å². The van der Waals surface area contributed by atoms with Crippen LogP contribution in [0.15, 0.2) is 176 Å². The molecule has 9 aromatic rings. The molecule has 1 aromatic heterocycles. The van der Waals surface area contributed by atoms with E-state index in [1.165, 1.54) is 117 Å². The van der Waals surface area contributed by atoms with Crippen molar-refractivity contribution in [2.75, 3.05) is 4.90 Å². The van der Waals surface area contributed by atoms with Crippen LogP contribution in [0.3, 0.4) is 0 Å². The van der Waals surface area contributed by atoms with Crippen LogP contribution in [-0.4, -0.2) is 11.3 Å². The maximum Gasteiger partial charge on any atom is 0.332 e. The van der Waals surface area contributed by atoms with E-state index in [9.17, 15) is 0 Å². The van der Waals surface area contributed by atoms with Crippen molar-refractivity contribution >= 4 is 45.7 Å². The number of anilines is 3. The topological polar surface area (TPSA) is 8.17 Å². The first-order valence-electron chi connectivity index (χ1n) is 21.6. The quantitative estimate of drug-likeness (QED) is 0.159. The van der Waals surface area contributed by atoms with Gasteiger partial charge in [0.1, 0.15) is 0 Å². The number of hydrogen-bond acceptors (Lipinski definition) is 1. The standard InChI is InChI=1S/C57H41BN2/c1-55(2)42-27-13-11-23-36(42)40-33-41-37-25-17-26-39-48-38-24-12-14-28-43(38)56(3,4)54(48)60(51(37)39)58-46-31-18-30-45-52(46)59(53(49(40)55)50(41)58)47-32-16-15-29-44(47)57(45,34-19-7-5-8-20-34)35-21-9-6-10-22-35/h5-33H,1-4H3.